The number of para-hydroxylation sites is 1. The Morgan fingerprint density at radius 1 is 1.42 bits per heavy atom. The minimum Gasteiger partial charge on any atom is -0.504 e. The maximum absolute atomic E-state index is 12.4. The van der Waals surface area contributed by atoms with Crippen molar-refractivity contribution in [2.75, 3.05) is 13.7 Å². The molecule has 2 amide bonds. The first kappa shape index (κ1) is 17.9. The summed E-state index contributed by atoms with van der Waals surface area (Å²) in [7, 11) is 1.41. The number of imide groups is 1. The van der Waals surface area contributed by atoms with Crippen LogP contribution in [0.3, 0.4) is 0 Å². The molecule has 0 saturated carbocycles. The number of esters is 1. The van der Waals surface area contributed by atoms with E-state index in [9.17, 15) is 19.5 Å². The number of aromatic hydroxyl groups is 1. The lowest BCUT2D eigenvalue weighted by molar-refractivity contribution is -0.150. The first-order chi connectivity index (χ1) is 11.4. The van der Waals surface area contributed by atoms with E-state index in [0.29, 0.717) is 17.3 Å². The molecule has 1 N–H and O–H groups in total. The average Bonchev–Trinajstić information content (AvgIpc) is 2.83. The van der Waals surface area contributed by atoms with Gasteiger partial charge >= 0.3 is 5.97 Å². The summed E-state index contributed by atoms with van der Waals surface area (Å²) in [6.07, 6.45) is 1.39. The van der Waals surface area contributed by atoms with Crippen LogP contribution in [-0.4, -0.2) is 46.9 Å². The Bertz CT molecular complexity index is 715. The van der Waals surface area contributed by atoms with Crippen molar-refractivity contribution in [3.05, 3.63) is 28.7 Å². The highest BCUT2D eigenvalue weighted by Crippen LogP contribution is 2.37. The highest BCUT2D eigenvalue weighted by molar-refractivity contribution is 8.18. The predicted octanol–water partition coefficient (Wildman–Crippen LogP) is 2.39. The van der Waals surface area contributed by atoms with Crippen molar-refractivity contribution < 1.29 is 29.0 Å². The molecule has 0 bridgehead atoms. The third-order valence-corrected chi connectivity index (χ3v) is 4.26. The van der Waals surface area contributed by atoms with E-state index in [2.05, 4.69) is 0 Å². The number of carbonyl (C=O) groups excluding carboxylic acids is 3. The van der Waals surface area contributed by atoms with Gasteiger partial charge in [0.2, 0.25) is 0 Å². The van der Waals surface area contributed by atoms with Crippen molar-refractivity contribution in [2.45, 2.75) is 19.9 Å². The molecule has 1 aromatic rings. The predicted molar refractivity (Wildman–Crippen MR) is 88.6 cm³/mol. The number of thioether (sulfide) groups is 1. The van der Waals surface area contributed by atoms with Crippen LogP contribution >= 0.6 is 11.8 Å². The SMILES string of the molecule is CCOC(=O)[C@H](C)N1C(=O)S/C(=C\c2cccc(OC)c2O)C1=O. The van der Waals surface area contributed by atoms with Crippen molar-refractivity contribution in [3.8, 4) is 11.5 Å². The van der Waals surface area contributed by atoms with Crippen LogP contribution in [0, 0.1) is 0 Å². The average molecular weight is 351 g/mol. The van der Waals surface area contributed by atoms with Crippen LogP contribution in [0.15, 0.2) is 23.1 Å². The van der Waals surface area contributed by atoms with Gasteiger partial charge in [-0.3, -0.25) is 14.5 Å². The number of rotatable bonds is 5. The molecule has 0 aromatic heterocycles. The summed E-state index contributed by atoms with van der Waals surface area (Å²) < 4.78 is 9.85. The van der Waals surface area contributed by atoms with Gasteiger partial charge in [0.05, 0.1) is 18.6 Å². The zero-order valence-electron chi connectivity index (χ0n) is 13.4. The molecule has 1 heterocycles. The Kier molecular flexibility index (Phi) is 5.50. The number of methoxy groups -OCH3 is 1. The maximum atomic E-state index is 12.4. The molecule has 1 atom stereocenters. The van der Waals surface area contributed by atoms with Crippen LogP contribution < -0.4 is 4.74 Å². The first-order valence-corrected chi connectivity index (χ1v) is 8.02. The Balaban J connectivity index is 2.30. The number of hydrogen-bond donors (Lipinski definition) is 1. The summed E-state index contributed by atoms with van der Waals surface area (Å²) in [5.74, 6) is -1.13. The highest BCUT2D eigenvalue weighted by atomic mass is 32.2. The van der Waals surface area contributed by atoms with Crippen LogP contribution in [0.1, 0.15) is 19.4 Å². The van der Waals surface area contributed by atoms with E-state index in [0.717, 1.165) is 4.90 Å². The molecule has 1 fully saturated rings. The molecule has 128 valence electrons. The van der Waals surface area contributed by atoms with Crippen molar-refractivity contribution in [3.63, 3.8) is 0 Å². The number of phenols is 1. The van der Waals surface area contributed by atoms with Gasteiger partial charge in [0.25, 0.3) is 11.1 Å². The maximum Gasteiger partial charge on any atom is 0.329 e. The van der Waals surface area contributed by atoms with Crippen molar-refractivity contribution >= 4 is 35.0 Å². The van der Waals surface area contributed by atoms with Gasteiger partial charge < -0.3 is 14.6 Å². The van der Waals surface area contributed by atoms with Gasteiger partial charge in [0, 0.05) is 5.56 Å². The summed E-state index contributed by atoms with van der Waals surface area (Å²) in [4.78, 5) is 37.2. The molecular weight excluding hydrogens is 334 g/mol. The van der Waals surface area contributed by atoms with Crippen molar-refractivity contribution in [2.24, 2.45) is 0 Å². The molecule has 8 heteroatoms. The number of amides is 2. The minimum absolute atomic E-state index is 0.111. The summed E-state index contributed by atoms with van der Waals surface area (Å²) >= 11 is 0.701. The topological polar surface area (TPSA) is 93.1 Å². The lowest BCUT2D eigenvalue weighted by Gasteiger charge is -2.19. The Hall–Kier alpha value is -2.48. The Morgan fingerprint density at radius 3 is 2.75 bits per heavy atom. The van der Waals surface area contributed by atoms with Crippen LogP contribution in [0.2, 0.25) is 0 Å². The van der Waals surface area contributed by atoms with E-state index in [4.69, 9.17) is 9.47 Å². The highest BCUT2D eigenvalue weighted by Gasteiger charge is 2.41. The van der Waals surface area contributed by atoms with Crippen LogP contribution in [0.4, 0.5) is 4.79 Å². The van der Waals surface area contributed by atoms with Crippen LogP contribution in [0.5, 0.6) is 11.5 Å². The molecule has 1 aliphatic rings. The smallest absolute Gasteiger partial charge is 0.329 e. The molecule has 0 aliphatic carbocycles. The molecule has 0 spiro atoms. The van der Waals surface area contributed by atoms with Gasteiger partial charge in [-0.2, -0.15) is 0 Å². The number of ether oxygens (including phenoxy) is 2. The van der Waals surface area contributed by atoms with Gasteiger partial charge in [-0.05, 0) is 37.8 Å². The van der Waals surface area contributed by atoms with Gasteiger partial charge in [0.15, 0.2) is 11.5 Å². The van der Waals surface area contributed by atoms with E-state index in [1.807, 2.05) is 0 Å². The summed E-state index contributed by atoms with van der Waals surface area (Å²) in [6.45, 7) is 3.23. The van der Waals surface area contributed by atoms with E-state index < -0.39 is 23.2 Å². The van der Waals surface area contributed by atoms with Crippen LogP contribution in [0.25, 0.3) is 6.08 Å². The largest absolute Gasteiger partial charge is 0.504 e. The number of nitrogens with zero attached hydrogens (tertiary/aromatic N) is 1. The number of hydrogen-bond acceptors (Lipinski definition) is 7. The molecule has 1 aliphatic heterocycles. The monoisotopic (exact) mass is 351 g/mol. The summed E-state index contributed by atoms with van der Waals surface area (Å²) in [5.41, 5.74) is 0.337. The fourth-order valence-electron chi connectivity index (χ4n) is 2.14. The van der Waals surface area contributed by atoms with Crippen LogP contribution in [-0.2, 0) is 14.3 Å². The number of carbonyl (C=O) groups is 3. The molecule has 1 aromatic carbocycles. The van der Waals surface area contributed by atoms with Gasteiger partial charge in [-0.25, -0.2) is 4.79 Å². The zero-order valence-corrected chi connectivity index (χ0v) is 14.3. The fourth-order valence-corrected chi connectivity index (χ4v) is 3.04. The second kappa shape index (κ2) is 7.39. The standard InChI is InChI=1S/C16H17NO6S/c1-4-23-15(20)9(2)17-14(19)12(24-16(17)21)8-10-6-5-7-11(22-3)13(10)18/h5-9,18H,4H2,1-3H3/b12-8-/t9-/m0/s1. The molecule has 0 unspecified atom stereocenters. The van der Waals surface area contributed by atoms with E-state index in [-0.39, 0.29) is 23.0 Å². The van der Waals surface area contributed by atoms with E-state index >= 15 is 0 Å². The molecule has 1 saturated heterocycles. The zero-order chi connectivity index (χ0) is 17.9. The first-order valence-electron chi connectivity index (χ1n) is 7.20. The molecule has 7 nitrogen and oxygen atoms in total. The Labute approximate surface area is 143 Å². The van der Waals surface area contributed by atoms with Crippen molar-refractivity contribution in [1.82, 2.24) is 4.90 Å². The number of phenolic OH excluding ortho intramolecular Hbond substituents is 1. The van der Waals surface area contributed by atoms with Gasteiger partial charge in [-0.15, -0.1) is 0 Å². The van der Waals surface area contributed by atoms with E-state index in [1.54, 1.807) is 25.1 Å². The lowest BCUT2D eigenvalue weighted by atomic mass is 10.1. The third-order valence-electron chi connectivity index (χ3n) is 3.38. The van der Waals surface area contributed by atoms with E-state index in [1.165, 1.54) is 20.1 Å². The normalized spacial score (nSPS) is 17.3. The second-order valence-corrected chi connectivity index (χ2v) is 5.87. The van der Waals surface area contributed by atoms with Gasteiger partial charge in [-0.1, -0.05) is 12.1 Å². The van der Waals surface area contributed by atoms with Crippen molar-refractivity contribution in [1.29, 1.82) is 0 Å². The van der Waals surface area contributed by atoms with Gasteiger partial charge in [0.1, 0.15) is 6.04 Å². The second-order valence-electron chi connectivity index (χ2n) is 4.88. The quantitative estimate of drug-likeness (QED) is 0.643. The molecule has 24 heavy (non-hydrogen) atoms. The molecule has 2 rings (SSSR count). The summed E-state index contributed by atoms with van der Waals surface area (Å²) in [5, 5.41) is 9.51. The Morgan fingerprint density at radius 2 is 2.12 bits per heavy atom. The fraction of sp³-hybridized carbons (Fsp3) is 0.312. The number of benzene rings is 1. The molecular formula is C16H17NO6S. The third kappa shape index (κ3) is 3.38. The molecule has 0 radical (unpaired) electrons. The minimum atomic E-state index is -1.01. The lowest BCUT2D eigenvalue weighted by Crippen LogP contribution is -2.42. The summed E-state index contributed by atoms with van der Waals surface area (Å²) in [6, 6.07) is 3.79.